The number of phenols is 1. The number of alkyl halides is 1. The van der Waals surface area contributed by atoms with E-state index in [0.29, 0.717) is 54.5 Å². The van der Waals surface area contributed by atoms with Crippen LogP contribution >= 0.6 is 11.6 Å². The summed E-state index contributed by atoms with van der Waals surface area (Å²) in [5, 5.41) is 13.5. The molecule has 0 bridgehead atoms. The summed E-state index contributed by atoms with van der Waals surface area (Å²) in [4.78, 5) is 18.7. The maximum Gasteiger partial charge on any atom is 0.319 e. The fraction of sp³-hybridized carbons (Fsp3) is 0.432. The van der Waals surface area contributed by atoms with Gasteiger partial charge in [-0.15, -0.1) is 0 Å². The summed E-state index contributed by atoms with van der Waals surface area (Å²) in [7, 11) is -2.87. The topological polar surface area (TPSA) is 93.1 Å². The predicted octanol–water partition coefficient (Wildman–Crippen LogP) is 7.80. The van der Waals surface area contributed by atoms with Crippen LogP contribution in [-0.4, -0.2) is 91.0 Å². The van der Waals surface area contributed by atoms with Gasteiger partial charge in [-0.2, -0.15) is 9.97 Å². The van der Waals surface area contributed by atoms with Gasteiger partial charge in [0.25, 0.3) is 8.32 Å². The number of halogens is 3. The standard InChI is InChI=1S/C44H48ClF2N5O4Si/c1-43(2,3)57(31-11-6-4-7-12-31,32-13-8-5-9-14-32)56-22-20-51-19-21-54-41-36-39(37(47)38(48-41)33-23-30(53)24-34(45)35(33)28-15-16-28)49-42(50-40(36)51)55-27-44-17-10-18-52(44)26-29(46)25-44/h4-9,11-14,23-24,28-29,53H,10,15-22,25-27H2,1-3H3/t29-,44+/m1/s1. The molecule has 0 amide bonds. The summed E-state index contributed by atoms with van der Waals surface area (Å²) < 4.78 is 52.0. The first-order valence-corrected chi connectivity index (χ1v) is 22.3. The van der Waals surface area contributed by atoms with Crippen molar-refractivity contribution in [1.82, 2.24) is 19.9 Å². The van der Waals surface area contributed by atoms with Crippen LogP contribution in [0.1, 0.15) is 64.4 Å². The number of phenolic OH excluding ortho intramolecular Hbond substituents is 1. The number of benzene rings is 3. The molecule has 3 aliphatic heterocycles. The molecule has 0 spiro atoms. The Kier molecular flexibility index (Phi) is 9.90. The number of fused-ring (bicyclic) bond motifs is 1. The second-order valence-electron chi connectivity index (χ2n) is 17.0. The number of anilines is 1. The zero-order valence-electron chi connectivity index (χ0n) is 32.6. The first kappa shape index (κ1) is 38.2. The van der Waals surface area contributed by atoms with E-state index in [-0.39, 0.29) is 53.0 Å². The Hall–Kier alpha value is -4.36. The van der Waals surface area contributed by atoms with E-state index >= 15 is 4.39 Å². The fourth-order valence-electron chi connectivity index (χ4n) is 9.56. The van der Waals surface area contributed by atoms with Crippen LogP contribution in [0.3, 0.4) is 0 Å². The van der Waals surface area contributed by atoms with Crippen molar-refractivity contribution in [2.24, 2.45) is 0 Å². The molecular formula is C44H48ClF2N5O4Si. The van der Waals surface area contributed by atoms with Crippen LogP contribution in [0.5, 0.6) is 17.6 Å². The molecule has 9 nitrogen and oxygen atoms in total. The maximum absolute atomic E-state index is 17.3. The third kappa shape index (κ3) is 6.81. The zero-order chi connectivity index (χ0) is 39.5. The van der Waals surface area contributed by atoms with Crippen molar-refractivity contribution in [3.05, 3.63) is 89.2 Å². The van der Waals surface area contributed by atoms with Gasteiger partial charge in [0.1, 0.15) is 47.5 Å². The van der Waals surface area contributed by atoms with Crippen molar-refractivity contribution >= 4 is 47.0 Å². The van der Waals surface area contributed by atoms with Gasteiger partial charge < -0.3 is 23.9 Å². The zero-order valence-corrected chi connectivity index (χ0v) is 34.4. The SMILES string of the molecule is CC(C)(C)[Si](OCCN1CCOc2nc(-c3cc(O)cc(Cl)c3C3CC3)c(F)c3nc(OC[C@@]45CCCN4C[C@H](F)C5)nc1c23)(c1ccccc1)c1ccccc1. The minimum absolute atomic E-state index is 0.000747. The van der Waals surface area contributed by atoms with Gasteiger partial charge in [-0.25, -0.2) is 13.8 Å². The molecule has 57 heavy (non-hydrogen) atoms. The lowest BCUT2D eigenvalue weighted by molar-refractivity contribution is 0.107. The van der Waals surface area contributed by atoms with E-state index in [0.717, 1.165) is 37.8 Å². The molecule has 5 heterocycles. The van der Waals surface area contributed by atoms with E-state index in [1.165, 1.54) is 22.5 Å². The Morgan fingerprint density at radius 2 is 1.72 bits per heavy atom. The molecule has 2 saturated heterocycles. The van der Waals surface area contributed by atoms with Gasteiger partial charge >= 0.3 is 6.01 Å². The normalized spacial score (nSPS) is 21.1. The van der Waals surface area contributed by atoms with Crippen LogP contribution in [0.2, 0.25) is 10.1 Å². The minimum atomic E-state index is -2.87. The highest BCUT2D eigenvalue weighted by Gasteiger charge is 2.51. The van der Waals surface area contributed by atoms with Gasteiger partial charge in [0, 0.05) is 30.1 Å². The van der Waals surface area contributed by atoms with Gasteiger partial charge in [0.05, 0.1) is 18.7 Å². The quantitative estimate of drug-likeness (QED) is 0.134. The smallest absolute Gasteiger partial charge is 0.319 e. The second kappa shape index (κ2) is 14.8. The Bertz CT molecular complexity index is 2260. The first-order valence-electron chi connectivity index (χ1n) is 20.1. The number of rotatable bonds is 11. The highest BCUT2D eigenvalue weighted by atomic mass is 35.5. The third-order valence-electron chi connectivity index (χ3n) is 12.3. The first-order chi connectivity index (χ1) is 27.5. The van der Waals surface area contributed by atoms with E-state index in [9.17, 15) is 9.50 Å². The molecule has 2 atom stereocenters. The van der Waals surface area contributed by atoms with Gasteiger partial charge in [-0.1, -0.05) is 93.0 Å². The molecule has 0 radical (unpaired) electrons. The summed E-state index contributed by atoms with van der Waals surface area (Å²) >= 11 is 6.68. The van der Waals surface area contributed by atoms with Crippen LogP contribution in [0.15, 0.2) is 72.8 Å². The van der Waals surface area contributed by atoms with Gasteiger partial charge in [0.15, 0.2) is 5.82 Å². The molecule has 2 aromatic heterocycles. The van der Waals surface area contributed by atoms with Gasteiger partial charge in [-0.3, -0.25) is 4.90 Å². The fourth-order valence-corrected chi connectivity index (χ4v) is 14.5. The van der Waals surface area contributed by atoms with Crippen LogP contribution in [0.4, 0.5) is 14.6 Å². The number of ether oxygens (including phenoxy) is 2. The number of aromatic hydroxyl groups is 1. The van der Waals surface area contributed by atoms with Crippen molar-refractivity contribution in [2.45, 2.75) is 75.5 Å². The van der Waals surface area contributed by atoms with E-state index in [1.807, 2.05) is 17.0 Å². The number of pyridine rings is 1. The average Bonchev–Trinajstić information content (AvgIpc) is 3.91. The van der Waals surface area contributed by atoms with Crippen molar-refractivity contribution in [2.75, 3.05) is 50.9 Å². The molecule has 1 aliphatic carbocycles. The molecule has 0 unspecified atom stereocenters. The summed E-state index contributed by atoms with van der Waals surface area (Å²) in [6.07, 6.45) is 3.03. The highest BCUT2D eigenvalue weighted by molar-refractivity contribution is 6.99. The van der Waals surface area contributed by atoms with E-state index in [2.05, 4.69) is 74.2 Å². The molecule has 1 N–H and O–H groups in total. The molecular weight excluding hydrogens is 764 g/mol. The summed E-state index contributed by atoms with van der Waals surface area (Å²) in [6.45, 7) is 9.53. The lowest BCUT2D eigenvalue weighted by atomic mass is 9.95. The van der Waals surface area contributed by atoms with Gasteiger partial charge in [-0.05, 0) is 71.3 Å². The average molecular weight is 812 g/mol. The maximum atomic E-state index is 17.3. The summed E-state index contributed by atoms with van der Waals surface area (Å²) in [5.74, 6) is -0.0230. The number of hydrogen-bond acceptors (Lipinski definition) is 9. The number of aromatic nitrogens is 3. The Balaban J connectivity index is 1.13. The highest BCUT2D eigenvalue weighted by Crippen LogP contribution is 2.50. The number of nitrogens with zero attached hydrogens (tertiary/aromatic N) is 5. The summed E-state index contributed by atoms with van der Waals surface area (Å²) in [5.41, 5.74) is 0.684. The van der Waals surface area contributed by atoms with Crippen molar-refractivity contribution in [1.29, 1.82) is 0 Å². The Labute approximate surface area is 338 Å². The van der Waals surface area contributed by atoms with Crippen LogP contribution < -0.4 is 24.7 Å². The van der Waals surface area contributed by atoms with Crippen molar-refractivity contribution < 1.29 is 27.8 Å². The summed E-state index contributed by atoms with van der Waals surface area (Å²) in [6, 6.07) is 24.0. The molecule has 1 saturated carbocycles. The lowest BCUT2D eigenvalue weighted by Crippen LogP contribution is -2.67. The largest absolute Gasteiger partial charge is 0.508 e. The molecule has 298 valence electrons. The van der Waals surface area contributed by atoms with E-state index in [4.69, 9.17) is 40.5 Å². The van der Waals surface area contributed by atoms with Crippen molar-refractivity contribution in [3.8, 4) is 28.9 Å². The molecule has 4 aliphatic rings. The second-order valence-corrected chi connectivity index (χ2v) is 21.7. The molecule has 5 aromatic rings. The number of hydrogen-bond donors (Lipinski definition) is 1. The Morgan fingerprint density at radius 3 is 2.40 bits per heavy atom. The molecule has 9 rings (SSSR count). The predicted molar refractivity (Wildman–Crippen MR) is 221 cm³/mol. The van der Waals surface area contributed by atoms with Crippen molar-refractivity contribution in [3.63, 3.8) is 0 Å². The monoisotopic (exact) mass is 811 g/mol. The molecule has 13 heteroatoms. The van der Waals surface area contributed by atoms with Crippen LogP contribution in [0.25, 0.3) is 22.2 Å². The van der Waals surface area contributed by atoms with E-state index < -0.39 is 25.8 Å². The molecule has 3 fully saturated rings. The minimum Gasteiger partial charge on any atom is -0.508 e. The Morgan fingerprint density at radius 1 is 1.00 bits per heavy atom. The van der Waals surface area contributed by atoms with Crippen LogP contribution in [0, 0.1) is 5.82 Å². The molecule has 3 aromatic carbocycles. The van der Waals surface area contributed by atoms with E-state index in [1.54, 1.807) is 0 Å². The van der Waals surface area contributed by atoms with Gasteiger partial charge in [0.2, 0.25) is 5.88 Å². The lowest BCUT2D eigenvalue weighted by Gasteiger charge is -2.43. The third-order valence-corrected chi connectivity index (χ3v) is 17.6. The van der Waals surface area contributed by atoms with Crippen LogP contribution in [-0.2, 0) is 4.43 Å².